The molecule has 5 rings (SSSR count). The van der Waals surface area contributed by atoms with E-state index in [0.29, 0.717) is 6.54 Å². The van der Waals surface area contributed by atoms with Crippen molar-refractivity contribution >= 4 is 16.8 Å². The van der Waals surface area contributed by atoms with Gasteiger partial charge in [-0.2, -0.15) is 10.2 Å². The molecule has 1 aliphatic carbocycles. The highest BCUT2D eigenvalue weighted by Crippen LogP contribution is 2.33. The van der Waals surface area contributed by atoms with E-state index in [1.54, 1.807) is 12.4 Å². The highest BCUT2D eigenvalue weighted by atomic mass is 19.3. The zero-order chi connectivity index (χ0) is 26.1. The summed E-state index contributed by atoms with van der Waals surface area (Å²) in [5, 5.41) is 21.6. The summed E-state index contributed by atoms with van der Waals surface area (Å²) in [5.41, 5.74) is 2.23. The van der Waals surface area contributed by atoms with Gasteiger partial charge in [-0.3, -0.25) is 14.2 Å². The van der Waals surface area contributed by atoms with Gasteiger partial charge in [0.25, 0.3) is 12.3 Å². The summed E-state index contributed by atoms with van der Waals surface area (Å²) >= 11 is 0. The summed E-state index contributed by atoms with van der Waals surface area (Å²) in [6.07, 6.45) is 6.14. The number of rotatable bonds is 7. The average Bonchev–Trinajstić information content (AvgIpc) is 3.52. The monoisotopic (exact) mass is 515 g/mol. The van der Waals surface area contributed by atoms with Crippen molar-refractivity contribution in [1.29, 1.82) is 0 Å². The Bertz CT molecular complexity index is 1400. The SMILES string of the molecule is O=C(NC[C@H]1CC[C@H](n2cc3ccc(-c4cnn(CC(F)F)c4)cc3n2)CC1)c1cc(F)c(O)c(F)c1. The second-order valence-corrected chi connectivity index (χ2v) is 9.40. The van der Waals surface area contributed by atoms with E-state index in [0.717, 1.165) is 59.8 Å². The van der Waals surface area contributed by atoms with Gasteiger partial charge in [0.1, 0.15) is 6.54 Å². The van der Waals surface area contributed by atoms with Gasteiger partial charge in [0.05, 0.1) is 17.8 Å². The normalized spacial score (nSPS) is 18.0. The number of alkyl halides is 2. The minimum Gasteiger partial charge on any atom is -0.503 e. The predicted octanol–water partition coefficient (Wildman–Crippen LogP) is 5.31. The predicted molar refractivity (Wildman–Crippen MR) is 128 cm³/mol. The van der Waals surface area contributed by atoms with Crippen LogP contribution >= 0.6 is 0 Å². The van der Waals surface area contributed by atoms with Gasteiger partial charge < -0.3 is 10.4 Å². The van der Waals surface area contributed by atoms with Crippen LogP contribution in [-0.2, 0) is 6.54 Å². The van der Waals surface area contributed by atoms with Crippen LogP contribution in [0.15, 0.2) is 48.9 Å². The smallest absolute Gasteiger partial charge is 0.257 e. The van der Waals surface area contributed by atoms with Crippen LogP contribution in [0.1, 0.15) is 42.1 Å². The number of amides is 1. The molecule has 2 N–H and O–H groups in total. The number of hydrogen-bond acceptors (Lipinski definition) is 4. The Morgan fingerprint density at radius 1 is 1.05 bits per heavy atom. The zero-order valence-corrected chi connectivity index (χ0v) is 19.7. The fraction of sp³-hybridized carbons (Fsp3) is 0.346. The van der Waals surface area contributed by atoms with Gasteiger partial charge >= 0.3 is 0 Å². The molecule has 0 bridgehead atoms. The third kappa shape index (κ3) is 5.45. The fourth-order valence-corrected chi connectivity index (χ4v) is 4.80. The Morgan fingerprint density at radius 3 is 2.49 bits per heavy atom. The third-order valence-corrected chi connectivity index (χ3v) is 6.84. The average molecular weight is 516 g/mol. The molecular formula is C26H25F4N5O2. The summed E-state index contributed by atoms with van der Waals surface area (Å²) in [5.74, 6) is -3.81. The topological polar surface area (TPSA) is 85.0 Å². The summed E-state index contributed by atoms with van der Waals surface area (Å²) in [4.78, 5) is 12.3. The Labute approximate surface area is 209 Å². The van der Waals surface area contributed by atoms with Crippen molar-refractivity contribution in [2.45, 2.75) is 44.7 Å². The minimum absolute atomic E-state index is 0.176. The molecule has 2 aromatic heterocycles. The van der Waals surface area contributed by atoms with E-state index < -0.39 is 36.3 Å². The molecule has 1 aliphatic rings. The van der Waals surface area contributed by atoms with Gasteiger partial charge in [0.2, 0.25) is 0 Å². The molecule has 4 aromatic rings. The van der Waals surface area contributed by atoms with Crippen LogP contribution in [-0.4, -0.2) is 43.5 Å². The van der Waals surface area contributed by atoms with E-state index in [-0.39, 0.29) is 17.5 Å². The van der Waals surface area contributed by atoms with Crippen LogP contribution in [0.5, 0.6) is 5.75 Å². The van der Waals surface area contributed by atoms with E-state index in [9.17, 15) is 27.5 Å². The van der Waals surface area contributed by atoms with Crippen LogP contribution in [0.25, 0.3) is 22.0 Å². The van der Waals surface area contributed by atoms with E-state index >= 15 is 0 Å². The largest absolute Gasteiger partial charge is 0.503 e. The lowest BCUT2D eigenvalue weighted by atomic mass is 9.86. The van der Waals surface area contributed by atoms with Crippen molar-refractivity contribution in [3.63, 3.8) is 0 Å². The Morgan fingerprint density at radius 2 is 1.78 bits per heavy atom. The first-order valence-corrected chi connectivity index (χ1v) is 12.0. The van der Waals surface area contributed by atoms with Crippen LogP contribution in [0, 0.1) is 17.6 Å². The van der Waals surface area contributed by atoms with Gasteiger partial charge in [-0.1, -0.05) is 12.1 Å². The van der Waals surface area contributed by atoms with Crippen molar-refractivity contribution in [3.05, 3.63) is 66.1 Å². The molecule has 2 heterocycles. The van der Waals surface area contributed by atoms with E-state index in [1.165, 1.54) is 4.68 Å². The Balaban J connectivity index is 1.18. The lowest BCUT2D eigenvalue weighted by molar-refractivity contribution is 0.0940. The molecule has 1 fully saturated rings. The second-order valence-electron chi connectivity index (χ2n) is 9.40. The molecular weight excluding hydrogens is 490 g/mol. The maximum atomic E-state index is 13.5. The summed E-state index contributed by atoms with van der Waals surface area (Å²) in [7, 11) is 0. The molecule has 37 heavy (non-hydrogen) atoms. The number of carbonyl (C=O) groups excluding carboxylic acids is 1. The fourth-order valence-electron chi connectivity index (χ4n) is 4.80. The number of nitrogens with zero attached hydrogens (tertiary/aromatic N) is 4. The van der Waals surface area contributed by atoms with Crippen molar-refractivity contribution in [3.8, 4) is 16.9 Å². The molecule has 1 amide bonds. The number of aromatic nitrogens is 4. The van der Waals surface area contributed by atoms with Crippen LogP contribution in [0.3, 0.4) is 0 Å². The number of fused-ring (bicyclic) bond motifs is 1. The van der Waals surface area contributed by atoms with Gasteiger partial charge in [-0.25, -0.2) is 17.6 Å². The van der Waals surface area contributed by atoms with E-state index in [2.05, 4.69) is 10.4 Å². The van der Waals surface area contributed by atoms with Crippen LogP contribution in [0.4, 0.5) is 17.6 Å². The number of carbonyl (C=O) groups is 1. The van der Waals surface area contributed by atoms with Crippen molar-refractivity contribution < 1.29 is 27.5 Å². The zero-order valence-electron chi connectivity index (χ0n) is 19.7. The Kier molecular flexibility index (Phi) is 6.86. The summed E-state index contributed by atoms with van der Waals surface area (Å²) < 4.78 is 55.4. The van der Waals surface area contributed by atoms with Gasteiger partial charge in [-0.15, -0.1) is 0 Å². The lowest BCUT2D eigenvalue weighted by Crippen LogP contribution is -2.31. The maximum absolute atomic E-state index is 13.5. The summed E-state index contributed by atoms with van der Waals surface area (Å²) in [6, 6.07) is 7.63. The van der Waals surface area contributed by atoms with Gasteiger partial charge in [0, 0.05) is 35.5 Å². The molecule has 1 saturated carbocycles. The Hall–Kier alpha value is -3.89. The van der Waals surface area contributed by atoms with Gasteiger partial charge in [0.15, 0.2) is 17.4 Å². The first-order valence-electron chi connectivity index (χ1n) is 12.0. The quantitative estimate of drug-likeness (QED) is 0.327. The molecule has 0 radical (unpaired) electrons. The highest BCUT2D eigenvalue weighted by Gasteiger charge is 2.24. The van der Waals surface area contributed by atoms with E-state index in [1.807, 2.05) is 29.1 Å². The first-order chi connectivity index (χ1) is 17.8. The molecule has 7 nitrogen and oxygen atoms in total. The van der Waals surface area contributed by atoms with E-state index in [4.69, 9.17) is 5.10 Å². The van der Waals surface area contributed by atoms with Crippen molar-refractivity contribution in [2.24, 2.45) is 5.92 Å². The number of phenolic OH excluding ortho intramolecular Hbond substituents is 1. The maximum Gasteiger partial charge on any atom is 0.257 e. The number of nitrogens with one attached hydrogen (secondary N) is 1. The molecule has 0 saturated heterocycles. The second kappa shape index (κ2) is 10.2. The van der Waals surface area contributed by atoms with Crippen LogP contribution < -0.4 is 5.32 Å². The molecule has 194 valence electrons. The number of hydrogen-bond donors (Lipinski definition) is 2. The molecule has 0 aliphatic heterocycles. The van der Waals surface area contributed by atoms with Crippen molar-refractivity contribution in [1.82, 2.24) is 24.9 Å². The molecule has 0 atom stereocenters. The number of halogens is 4. The molecule has 0 unspecified atom stereocenters. The molecule has 0 spiro atoms. The van der Waals surface area contributed by atoms with Crippen molar-refractivity contribution in [2.75, 3.05) is 6.54 Å². The van der Waals surface area contributed by atoms with Gasteiger partial charge in [-0.05, 0) is 55.4 Å². The number of phenols is 1. The standard InChI is InChI=1S/C26H25F4N5O2/c27-21-7-18(8-22(28)25(21)36)26(37)31-10-15-1-5-20(6-2-15)35-13-17-4-3-16(9-23(17)33-35)19-11-32-34(12-19)14-24(29)30/h3-4,7-9,11-13,15,20,24,36H,1-2,5-6,10,14H2,(H,31,37)/t15-,20-. The minimum atomic E-state index is -2.47. The highest BCUT2D eigenvalue weighted by molar-refractivity contribution is 5.94. The first kappa shape index (κ1) is 24.8. The molecule has 2 aromatic carbocycles. The number of benzene rings is 2. The lowest BCUT2D eigenvalue weighted by Gasteiger charge is -2.28. The summed E-state index contributed by atoms with van der Waals surface area (Å²) in [6.45, 7) is -0.0590. The molecule has 11 heteroatoms. The number of aromatic hydroxyl groups is 1. The third-order valence-electron chi connectivity index (χ3n) is 6.84. The van der Waals surface area contributed by atoms with Crippen LogP contribution in [0.2, 0.25) is 0 Å².